The number of esters is 2. The van der Waals surface area contributed by atoms with Gasteiger partial charge in [-0.1, -0.05) is 239 Å². The molecule has 75 heavy (non-hydrogen) atoms. The highest BCUT2D eigenvalue weighted by molar-refractivity contribution is 5.71. The number of carboxylic acid groups (broad SMARTS) is 1. The van der Waals surface area contributed by atoms with E-state index in [1.807, 2.05) is 21.1 Å². The van der Waals surface area contributed by atoms with E-state index in [-0.39, 0.29) is 38.6 Å². The number of quaternary nitrogens is 1. The van der Waals surface area contributed by atoms with Gasteiger partial charge in [0.2, 0.25) is 0 Å². The SMILES string of the molecule is CC/C=C\C/C=C\C/C=C\C/C=C\C/C=C\C/C=C\C/C=C\CCCC(=O)OC(COC(=O)CCCCCCCCCCCCCCCCC/C=C\CCCCCCCCCC)COC(OCC[N+](C)(C)C)C(=O)O. The van der Waals surface area contributed by atoms with Crippen molar-refractivity contribution in [1.29, 1.82) is 0 Å². The van der Waals surface area contributed by atoms with Crippen LogP contribution in [0.15, 0.2) is 97.2 Å². The van der Waals surface area contributed by atoms with Crippen molar-refractivity contribution in [3.05, 3.63) is 97.2 Å². The number of carbonyl (C=O) groups excluding carboxylic acids is 2. The molecule has 0 aliphatic carbocycles. The van der Waals surface area contributed by atoms with Crippen LogP contribution in [0, 0.1) is 0 Å². The number of carbonyl (C=O) groups is 3. The molecule has 9 nitrogen and oxygen atoms in total. The Morgan fingerprint density at radius 2 is 0.773 bits per heavy atom. The molecule has 0 aromatic heterocycles. The summed E-state index contributed by atoms with van der Waals surface area (Å²) in [5, 5.41) is 9.71. The first-order valence-electron chi connectivity index (χ1n) is 30.4. The summed E-state index contributed by atoms with van der Waals surface area (Å²) < 4.78 is 22.8. The summed E-state index contributed by atoms with van der Waals surface area (Å²) in [7, 11) is 5.95. The Labute approximate surface area is 461 Å². The number of hydrogen-bond donors (Lipinski definition) is 1. The van der Waals surface area contributed by atoms with Crippen LogP contribution in [-0.2, 0) is 33.3 Å². The first-order valence-corrected chi connectivity index (χ1v) is 30.4. The molecule has 0 spiro atoms. The summed E-state index contributed by atoms with van der Waals surface area (Å²) in [6.45, 7) is 4.70. The number of rotatable bonds is 55. The van der Waals surface area contributed by atoms with Gasteiger partial charge in [-0.05, 0) is 89.9 Å². The standard InChI is InChI=1S/C66H113NO8/c1-6-8-10-12-14-16-18-20-22-24-26-28-30-31-32-33-35-36-38-40-42-44-46-48-50-52-54-56-63(68)73-60-62(61-74-66(65(70)71)72-59-58-67(3,4)5)75-64(69)57-55-53-51-49-47-45-43-41-39-37-34-29-27-25-23-21-19-17-15-13-11-9-7-2/h9,11,15,17,21,23-24,26-27,29,37,39,43,45,49,51,62,66H,6-8,10,12-14,16,18-20,22,25,28,30-36,38,40-42,44,46-48,50,52-61H2,1-5H3/p+1/b11-9-,17-15-,23-21-,26-24-,29-27-,39-37-,45-43-,51-49-. The monoisotopic (exact) mass is 1050 g/mol. The third kappa shape index (κ3) is 57.7. The van der Waals surface area contributed by atoms with Crippen LogP contribution in [0.25, 0.3) is 0 Å². The molecule has 9 heteroatoms. The number of nitrogens with zero attached hydrogens (tertiary/aromatic N) is 1. The summed E-state index contributed by atoms with van der Waals surface area (Å²) in [4.78, 5) is 37.4. The van der Waals surface area contributed by atoms with Gasteiger partial charge >= 0.3 is 17.9 Å². The average molecular weight is 1050 g/mol. The number of likely N-dealkylation sites (N-methyl/N-ethyl adjacent to an activating group) is 1. The van der Waals surface area contributed by atoms with Crippen molar-refractivity contribution in [1.82, 2.24) is 0 Å². The molecule has 0 aliphatic rings. The quantitative estimate of drug-likeness (QED) is 0.0211. The highest BCUT2D eigenvalue weighted by Crippen LogP contribution is 2.16. The summed E-state index contributed by atoms with van der Waals surface area (Å²) in [6, 6.07) is 0. The van der Waals surface area contributed by atoms with E-state index in [9.17, 15) is 19.5 Å². The minimum atomic E-state index is -1.53. The van der Waals surface area contributed by atoms with Crippen LogP contribution in [0.2, 0.25) is 0 Å². The van der Waals surface area contributed by atoms with Crippen LogP contribution in [0.3, 0.4) is 0 Å². The van der Waals surface area contributed by atoms with E-state index < -0.39 is 24.3 Å². The lowest BCUT2D eigenvalue weighted by Crippen LogP contribution is -2.40. The van der Waals surface area contributed by atoms with Gasteiger partial charge in [0.1, 0.15) is 13.2 Å². The fraction of sp³-hybridized carbons (Fsp3) is 0.712. The maximum absolute atomic E-state index is 12.9. The molecular weight excluding hydrogens is 935 g/mol. The molecule has 0 saturated heterocycles. The lowest BCUT2D eigenvalue weighted by Gasteiger charge is -2.25. The van der Waals surface area contributed by atoms with Gasteiger partial charge in [0.15, 0.2) is 6.10 Å². The van der Waals surface area contributed by atoms with E-state index in [4.69, 9.17) is 18.9 Å². The van der Waals surface area contributed by atoms with E-state index in [1.165, 1.54) is 141 Å². The first-order chi connectivity index (χ1) is 36.6. The molecule has 430 valence electrons. The number of ether oxygens (including phenoxy) is 4. The lowest BCUT2D eigenvalue weighted by molar-refractivity contribution is -0.870. The molecule has 0 amide bonds. The fourth-order valence-corrected chi connectivity index (χ4v) is 8.17. The second-order valence-electron chi connectivity index (χ2n) is 21.3. The smallest absolute Gasteiger partial charge is 0.361 e. The van der Waals surface area contributed by atoms with Gasteiger partial charge in [-0.25, -0.2) is 4.79 Å². The molecule has 0 aromatic carbocycles. The normalized spacial score (nSPS) is 13.5. The number of aliphatic carboxylic acids is 1. The van der Waals surface area contributed by atoms with Crippen LogP contribution < -0.4 is 0 Å². The van der Waals surface area contributed by atoms with Crippen molar-refractivity contribution in [3.63, 3.8) is 0 Å². The van der Waals surface area contributed by atoms with Crippen LogP contribution in [-0.4, -0.2) is 87.4 Å². The van der Waals surface area contributed by atoms with Gasteiger partial charge in [-0.3, -0.25) is 9.59 Å². The molecule has 0 fully saturated rings. The minimum Gasteiger partial charge on any atom is -0.477 e. The highest BCUT2D eigenvalue weighted by atomic mass is 16.7. The zero-order chi connectivity index (χ0) is 54.8. The van der Waals surface area contributed by atoms with Crippen molar-refractivity contribution in [3.8, 4) is 0 Å². The Kier molecular flexibility index (Phi) is 53.6. The Bertz CT molecular complexity index is 1550. The second-order valence-corrected chi connectivity index (χ2v) is 21.3. The number of carboxylic acids is 1. The van der Waals surface area contributed by atoms with E-state index in [0.29, 0.717) is 23.9 Å². The van der Waals surface area contributed by atoms with Gasteiger partial charge in [0.05, 0.1) is 34.4 Å². The summed E-state index contributed by atoms with van der Waals surface area (Å²) in [6.07, 6.45) is 73.6. The summed E-state index contributed by atoms with van der Waals surface area (Å²) in [5.74, 6) is -2.09. The lowest BCUT2D eigenvalue weighted by atomic mass is 10.0. The van der Waals surface area contributed by atoms with Crippen molar-refractivity contribution in [2.24, 2.45) is 0 Å². The summed E-state index contributed by atoms with van der Waals surface area (Å²) >= 11 is 0. The Morgan fingerprint density at radius 3 is 1.19 bits per heavy atom. The number of unbranched alkanes of at least 4 members (excludes halogenated alkanes) is 24. The van der Waals surface area contributed by atoms with Gasteiger partial charge in [0, 0.05) is 12.8 Å². The zero-order valence-corrected chi connectivity index (χ0v) is 48.9. The molecule has 2 unspecified atom stereocenters. The molecule has 2 atom stereocenters. The van der Waals surface area contributed by atoms with E-state index in [0.717, 1.165) is 64.2 Å². The van der Waals surface area contributed by atoms with Crippen LogP contribution in [0.1, 0.15) is 245 Å². The summed E-state index contributed by atoms with van der Waals surface area (Å²) in [5.41, 5.74) is 0. The van der Waals surface area contributed by atoms with Crippen molar-refractivity contribution in [2.75, 3.05) is 47.5 Å². The van der Waals surface area contributed by atoms with Crippen molar-refractivity contribution >= 4 is 17.9 Å². The van der Waals surface area contributed by atoms with Gasteiger partial charge in [-0.2, -0.15) is 0 Å². The topological polar surface area (TPSA) is 108 Å². The molecule has 0 bridgehead atoms. The number of allylic oxidation sites excluding steroid dienone is 16. The largest absolute Gasteiger partial charge is 0.477 e. The maximum atomic E-state index is 12.9. The van der Waals surface area contributed by atoms with E-state index in [2.05, 4.69) is 111 Å². The Morgan fingerprint density at radius 1 is 0.413 bits per heavy atom. The molecule has 0 aliphatic heterocycles. The third-order valence-electron chi connectivity index (χ3n) is 12.8. The van der Waals surface area contributed by atoms with Crippen LogP contribution in [0.4, 0.5) is 0 Å². The predicted octanol–water partition coefficient (Wildman–Crippen LogP) is 18.1. The molecule has 0 radical (unpaired) electrons. The zero-order valence-electron chi connectivity index (χ0n) is 48.9. The molecule has 0 aromatic rings. The second kappa shape index (κ2) is 56.4. The highest BCUT2D eigenvalue weighted by Gasteiger charge is 2.25. The molecule has 1 N–H and O–H groups in total. The van der Waals surface area contributed by atoms with E-state index >= 15 is 0 Å². The average Bonchev–Trinajstić information content (AvgIpc) is 3.38. The Hall–Kier alpha value is -3.79. The molecule has 0 heterocycles. The van der Waals surface area contributed by atoms with Gasteiger partial charge in [-0.15, -0.1) is 0 Å². The molecule has 0 rings (SSSR count). The van der Waals surface area contributed by atoms with E-state index in [1.54, 1.807) is 0 Å². The predicted molar refractivity (Wildman–Crippen MR) is 318 cm³/mol. The molecule has 0 saturated carbocycles. The van der Waals surface area contributed by atoms with Crippen LogP contribution in [0.5, 0.6) is 0 Å². The maximum Gasteiger partial charge on any atom is 0.361 e. The molecular formula is C66H114NO8+. The number of hydrogen-bond acceptors (Lipinski definition) is 7. The minimum absolute atomic E-state index is 0.172. The third-order valence-corrected chi connectivity index (χ3v) is 12.8. The van der Waals surface area contributed by atoms with Crippen LogP contribution >= 0.6 is 0 Å². The van der Waals surface area contributed by atoms with Crippen molar-refractivity contribution < 1.29 is 42.9 Å². The first kappa shape index (κ1) is 71.2. The van der Waals surface area contributed by atoms with Gasteiger partial charge < -0.3 is 28.5 Å². The Balaban J connectivity index is 4.29. The van der Waals surface area contributed by atoms with Gasteiger partial charge in [0.25, 0.3) is 6.29 Å². The fourth-order valence-electron chi connectivity index (χ4n) is 8.17. The van der Waals surface area contributed by atoms with Crippen molar-refractivity contribution in [2.45, 2.75) is 257 Å².